The number of carbonyl (C=O) groups is 2. The first-order chi connectivity index (χ1) is 9.08. The molecule has 2 unspecified atom stereocenters. The maximum absolute atomic E-state index is 13.6. The molecule has 0 aromatic heterocycles. The monoisotopic (exact) mass is 265 g/mol. The minimum absolute atomic E-state index is 0.117. The molecule has 5 nitrogen and oxygen atoms in total. The van der Waals surface area contributed by atoms with Crippen molar-refractivity contribution in [2.75, 3.05) is 13.1 Å². The number of hydrogen-bond acceptors (Lipinski definition) is 3. The zero-order valence-electron chi connectivity index (χ0n) is 10.6. The molecular weight excluding hydrogens is 249 g/mol. The third-order valence-corrected chi connectivity index (χ3v) is 3.06. The second-order valence-corrected chi connectivity index (χ2v) is 4.49. The first-order valence-corrected chi connectivity index (χ1v) is 6.13. The van der Waals surface area contributed by atoms with E-state index >= 15 is 0 Å². The van der Waals surface area contributed by atoms with E-state index in [9.17, 15) is 14.0 Å². The van der Waals surface area contributed by atoms with Crippen LogP contribution in [-0.4, -0.2) is 30.9 Å². The second kappa shape index (κ2) is 5.79. The summed E-state index contributed by atoms with van der Waals surface area (Å²) in [5, 5.41) is 8.15. The van der Waals surface area contributed by atoms with E-state index in [-0.39, 0.29) is 30.7 Å². The van der Waals surface area contributed by atoms with Gasteiger partial charge in [-0.25, -0.2) is 4.39 Å². The highest BCUT2D eigenvalue weighted by atomic mass is 19.1. The van der Waals surface area contributed by atoms with Crippen LogP contribution in [0.3, 0.4) is 0 Å². The molecule has 2 amide bonds. The van der Waals surface area contributed by atoms with Gasteiger partial charge in [-0.2, -0.15) is 0 Å². The van der Waals surface area contributed by atoms with Crippen LogP contribution in [-0.2, 0) is 9.59 Å². The summed E-state index contributed by atoms with van der Waals surface area (Å²) in [5.41, 5.74) is 0.440. The van der Waals surface area contributed by atoms with Crippen LogP contribution in [0.4, 0.5) is 4.39 Å². The van der Waals surface area contributed by atoms with Crippen LogP contribution >= 0.6 is 0 Å². The topological polar surface area (TPSA) is 70.2 Å². The minimum Gasteiger partial charge on any atom is -0.353 e. The molecule has 1 aromatic rings. The largest absolute Gasteiger partial charge is 0.353 e. The molecule has 1 aromatic carbocycles. The molecule has 2 atom stereocenters. The SMILES string of the molecule is CC(NC(=O)C1CNC(=O)CN1)c1ccccc1F. The van der Waals surface area contributed by atoms with Gasteiger partial charge < -0.3 is 10.6 Å². The quantitative estimate of drug-likeness (QED) is 0.725. The van der Waals surface area contributed by atoms with Crippen molar-refractivity contribution in [1.29, 1.82) is 0 Å². The number of nitrogens with one attached hydrogen (secondary N) is 3. The maximum Gasteiger partial charge on any atom is 0.239 e. The van der Waals surface area contributed by atoms with E-state index in [4.69, 9.17) is 0 Å². The molecule has 1 aliphatic heterocycles. The van der Waals surface area contributed by atoms with E-state index in [1.165, 1.54) is 6.07 Å². The molecule has 2 rings (SSSR count). The van der Waals surface area contributed by atoms with E-state index in [2.05, 4.69) is 16.0 Å². The van der Waals surface area contributed by atoms with Gasteiger partial charge in [0.05, 0.1) is 12.6 Å². The van der Waals surface area contributed by atoms with Gasteiger partial charge in [-0.1, -0.05) is 18.2 Å². The van der Waals surface area contributed by atoms with Gasteiger partial charge in [0.15, 0.2) is 0 Å². The molecule has 0 bridgehead atoms. The summed E-state index contributed by atoms with van der Waals surface area (Å²) in [7, 11) is 0. The Morgan fingerprint density at radius 3 is 2.84 bits per heavy atom. The molecule has 1 heterocycles. The maximum atomic E-state index is 13.6. The third-order valence-electron chi connectivity index (χ3n) is 3.06. The molecule has 0 saturated carbocycles. The van der Waals surface area contributed by atoms with Gasteiger partial charge >= 0.3 is 0 Å². The molecule has 0 spiro atoms. The van der Waals surface area contributed by atoms with Crippen molar-refractivity contribution in [2.45, 2.75) is 19.0 Å². The molecule has 0 aliphatic carbocycles. The van der Waals surface area contributed by atoms with Crippen molar-refractivity contribution in [3.05, 3.63) is 35.6 Å². The Hall–Kier alpha value is -1.95. The van der Waals surface area contributed by atoms with Crippen molar-refractivity contribution in [3.63, 3.8) is 0 Å². The highest BCUT2D eigenvalue weighted by Crippen LogP contribution is 2.16. The lowest BCUT2D eigenvalue weighted by Gasteiger charge is -2.25. The van der Waals surface area contributed by atoms with Crippen LogP contribution in [0, 0.1) is 5.82 Å². The van der Waals surface area contributed by atoms with Crippen LogP contribution < -0.4 is 16.0 Å². The number of halogens is 1. The average molecular weight is 265 g/mol. The Kier molecular flexibility index (Phi) is 4.11. The first kappa shape index (κ1) is 13.5. The minimum atomic E-state index is -0.480. The number of rotatable bonds is 3. The van der Waals surface area contributed by atoms with E-state index in [1.807, 2.05) is 0 Å². The van der Waals surface area contributed by atoms with Gasteiger partial charge in [-0.3, -0.25) is 14.9 Å². The number of hydrogen-bond donors (Lipinski definition) is 3. The Bertz CT molecular complexity index is 483. The van der Waals surface area contributed by atoms with Gasteiger partial charge in [-0.15, -0.1) is 0 Å². The summed E-state index contributed by atoms with van der Waals surface area (Å²) < 4.78 is 13.6. The van der Waals surface area contributed by atoms with Gasteiger partial charge in [0, 0.05) is 12.1 Å². The van der Waals surface area contributed by atoms with Crippen molar-refractivity contribution >= 4 is 11.8 Å². The normalized spacial score (nSPS) is 20.5. The fourth-order valence-electron chi connectivity index (χ4n) is 1.97. The predicted octanol–water partition coefficient (Wildman–Crippen LogP) is 0.0909. The van der Waals surface area contributed by atoms with E-state index in [0.717, 1.165) is 0 Å². The zero-order chi connectivity index (χ0) is 13.8. The van der Waals surface area contributed by atoms with Crippen molar-refractivity contribution in [3.8, 4) is 0 Å². The molecular formula is C13H16FN3O2. The lowest BCUT2D eigenvalue weighted by atomic mass is 10.1. The number of piperazine rings is 1. The molecule has 102 valence electrons. The summed E-state index contributed by atoms with van der Waals surface area (Å²) in [4.78, 5) is 22.9. The van der Waals surface area contributed by atoms with Crippen LogP contribution in [0.1, 0.15) is 18.5 Å². The van der Waals surface area contributed by atoms with E-state index in [0.29, 0.717) is 5.56 Å². The summed E-state index contributed by atoms with van der Waals surface area (Å²) in [6, 6.07) is 5.42. The molecule has 3 N–H and O–H groups in total. The van der Waals surface area contributed by atoms with Crippen molar-refractivity contribution in [1.82, 2.24) is 16.0 Å². The number of benzene rings is 1. The van der Waals surface area contributed by atoms with Crippen LogP contribution in [0.15, 0.2) is 24.3 Å². The fraction of sp³-hybridized carbons (Fsp3) is 0.385. The van der Waals surface area contributed by atoms with E-state index < -0.39 is 12.1 Å². The van der Waals surface area contributed by atoms with Crippen LogP contribution in [0.2, 0.25) is 0 Å². The van der Waals surface area contributed by atoms with E-state index in [1.54, 1.807) is 25.1 Å². The summed E-state index contributed by atoms with van der Waals surface area (Å²) >= 11 is 0. The molecule has 19 heavy (non-hydrogen) atoms. The van der Waals surface area contributed by atoms with Crippen LogP contribution in [0.5, 0.6) is 0 Å². The van der Waals surface area contributed by atoms with Crippen molar-refractivity contribution in [2.24, 2.45) is 0 Å². The van der Waals surface area contributed by atoms with Gasteiger partial charge in [-0.05, 0) is 13.0 Å². The Balaban J connectivity index is 1.95. The average Bonchev–Trinajstić information content (AvgIpc) is 2.39. The lowest BCUT2D eigenvalue weighted by molar-refractivity contribution is -0.127. The number of amides is 2. The molecule has 0 radical (unpaired) electrons. The summed E-state index contributed by atoms with van der Waals surface area (Å²) in [5.74, 6) is -0.734. The highest BCUT2D eigenvalue weighted by molar-refractivity contribution is 5.86. The lowest BCUT2D eigenvalue weighted by Crippen LogP contribution is -2.58. The fourth-order valence-corrected chi connectivity index (χ4v) is 1.97. The standard InChI is InChI=1S/C13H16FN3O2/c1-8(9-4-2-3-5-10(9)14)17-13(19)11-6-16-12(18)7-15-11/h2-5,8,11,15H,6-7H2,1H3,(H,16,18)(H,17,19). The molecule has 1 fully saturated rings. The highest BCUT2D eigenvalue weighted by Gasteiger charge is 2.25. The van der Waals surface area contributed by atoms with Crippen molar-refractivity contribution < 1.29 is 14.0 Å². The predicted molar refractivity (Wildman–Crippen MR) is 67.8 cm³/mol. The third kappa shape index (κ3) is 3.29. The summed E-state index contributed by atoms with van der Waals surface area (Å²) in [6.07, 6.45) is 0. The first-order valence-electron chi connectivity index (χ1n) is 6.13. The molecule has 1 aliphatic rings. The van der Waals surface area contributed by atoms with Gasteiger partial charge in [0.1, 0.15) is 11.9 Å². The number of carbonyl (C=O) groups excluding carboxylic acids is 2. The Labute approximate surface area is 110 Å². The van der Waals surface area contributed by atoms with Crippen LogP contribution in [0.25, 0.3) is 0 Å². The zero-order valence-corrected chi connectivity index (χ0v) is 10.6. The van der Waals surface area contributed by atoms with Gasteiger partial charge in [0.25, 0.3) is 0 Å². The Morgan fingerprint density at radius 2 is 2.21 bits per heavy atom. The summed E-state index contributed by atoms with van der Waals surface area (Å²) in [6.45, 7) is 2.08. The smallest absolute Gasteiger partial charge is 0.239 e. The second-order valence-electron chi connectivity index (χ2n) is 4.49. The molecule has 6 heteroatoms. The Morgan fingerprint density at radius 1 is 1.47 bits per heavy atom. The van der Waals surface area contributed by atoms with Gasteiger partial charge in [0.2, 0.25) is 11.8 Å². The molecule has 1 saturated heterocycles.